The third-order valence-corrected chi connectivity index (χ3v) is 1.98. The van der Waals surface area contributed by atoms with E-state index in [9.17, 15) is 4.79 Å². The summed E-state index contributed by atoms with van der Waals surface area (Å²) in [6.07, 6.45) is 0. The number of rotatable bonds is 3. The Morgan fingerprint density at radius 3 is 2.31 bits per heavy atom. The van der Waals surface area contributed by atoms with Crippen LogP contribution in [0.15, 0.2) is 24.3 Å². The van der Waals surface area contributed by atoms with E-state index in [1.165, 1.54) is 5.56 Å². The SMILES string of the molecule is CNC(C(N)=O)c1ccc(C)cc1. The molecule has 13 heavy (non-hydrogen) atoms. The molecule has 0 radical (unpaired) electrons. The van der Waals surface area contributed by atoms with Crippen LogP contribution in [-0.2, 0) is 4.79 Å². The number of hydrogen-bond acceptors (Lipinski definition) is 2. The van der Waals surface area contributed by atoms with Gasteiger partial charge in [-0.1, -0.05) is 29.8 Å². The minimum Gasteiger partial charge on any atom is -0.368 e. The minimum absolute atomic E-state index is 0.355. The van der Waals surface area contributed by atoms with Crippen molar-refractivity contribution in [2.24, 2.45) is 5.73 Å². The molecule has 70 valence electrons. The van der Waals surface area contributed by atoms with Gasteiger partial charge >= 0.3 is 0 Å². The molecule has 0 spiro atoms. The zero-order chi connectivity index (χ0) is 9.84. The maximum absolute atomic E-state index is 11.0. The minimum atomic E-state index is -0.388. The molecule has 0 aliphatic heterocycles. The van der Waals surface area contributed by atoms with Gasteiger partial charge in [-0.3, -0.25) is 4.79 Å². The van der Waals surface area contributed by atoms with Gasteiger partial charge in [0.15, 0.2) is 0 Å². The average molecular weight is 178 g/mol. The molecule has 1 atom stereocenters. The van der Waals surface area contributed by atoms with E-state index < -0.39 is 0 Å². The van der Waals surface area contributed by atoms with Crippen molar-refractivity contribution < 1.29 is 4.79 Å². The Bertz CT molecular complexity index is 292. The van der Waals surface area contributed by atoms with Gasteiger partial charge in [-0.25, -0.2) is 0 Å². The summed E-state index contributed by atoms with van der Waals surface area (Å²) < 4.78 is 0. The summed E-state index contributed by atoms with van der Waals surface area (Å²) in [7, 11) is 1.72. The Kier molecular flexibility index (Phi) is 3.03. The quantitative estimate of drug-likeness (QED) is 0.717. The topological polar surface area (TPSA) is 55.1 Å². The first-order chi connectivity index (χ1) is 6.15. The fourth-order valence-electron chi connectivity index (χ4n) is 1.23. The van der Waals surface area contributed by atoms with Crippen molar-refractivity contribution in [2.45, 2.75) is 13.0 Å². The zero-order valence-corrected chi connectivity index (χ0v) is 7.87. The van der Waals surface area contributed by atoms with Crippen molar-refractivity contribution in [3.63, 3.8) is 0 Å². The summed E-state index contributed by atoms with van der Waals surface area (Å²) >= 11 is 0. The molecule has 0 aliphatic carbocycles. The van der Waals surface area contributed by atoms with E-state index in [0.717, 1.165) is 5.56 Å². The molecule has 3 N–H and O–H groups in total. The molecule has 3 nitrogen and oxygen atoms in total. The number of nitrogens with two attached hydrogens (primary N) is 1. The van der Waals surface area contributed by atoms with Gasteiger partial charge in [-0.05, 0) is 19.5 Å². The van der Waals surface area contributed by atoms with Crippen LogP contribution >= 0.6 is 0 Å². The van der Waals surface area contributed by atoms with Gasteiger partial charge in [0.05, 0.1) is 0 Å². The number of carbonyl (C=O) groups is 1. The largest absolute Gasteiger partial charge is 0.368 e. The molecule has 0 saturated carbocycles. The number of aryl methyl sites for hydroxylation is 1. The van der Waals surface area contributed by atoms with Crippen LogP contribution in [-0.4, -0.2) is 13.0 Å². The van der Waals surface area contributed by atoms with Gasteiger partial charge in [0.1, 0.15) is 6.04 Å². The van der Waals surface area contributed by atoms with Crippen molar-refractivity contribution in [1.29, 1.82) is 0 Å². The van der Waals surface area contributed by atoms with E-state index in [4.69, 9.17) is 5.73 Å². The number of amides is 1. The first kappa shape index (κ1) is 9.74. The third-order valence-electron chi connectivity index (χ3n) is 1.98. The lowest BCUT2D eigenvalue weighted by Crippen LogP contribution is -2.31. The molecule has 0 aliphatic rings. The van der Waals surface area contributed by atoms with Crippen molar-refractivity contribution in [3.05, 3.63) is 35.4 Å². The van der Waals surface area contributed by atoms with Crippen LogP contribution in [0.1, 0.15) is 17.2 Å². The van der Waals surface area contributed by atoms with Gasteiger partial charge in [0.25, 0.3) is 0 Å². The summed E-state index contributed by atoms with van der Waals surface area (Å²) in [5, 5.41) is 2.86. The first-order valence-corrected chi connectivity index (χ1v) is 4.18. The van der Waals surface area contributed by atoms with Crippen LogP contribution in [0, 0.1) is 6.92 Å². The molecule has 0 fully saturated rings. The van der Waals surface area contributed by atoms with Gasteiger partial charge < -0.3 is 11.1 Å². The highest BCUT2D eigenvalue weighted by Crippen LogP contribution is 2.12. The molecule has 3 heteroatoms. The number of nitrogens with one attached hydrogen (secondary N) is 1. The predicted octanol–water partition coefficient (Wildman–Crippen LogP) is 0.741. The smallest absolute Gasteiger partial charge is 0.239 e. The molecule has 0 saturated heterocycles. The van der Waals surface area contributed by atoms with Crippen LogP contribution < -0.4 is 11.1 Å². The summed E-state index contributed by atoms with van der Waals surface area (Å²) in [5.74, 6) is -0.355. The maximum atomic E-state index is 11.0. The molecular formula is C10H14N2O. The van der Waals surface area contributed by atoms with Gasteiger partial charge in [-0.15, -0.1) is 0 Å². The molecule has 1 aromatic rings. The highest BCUT2D eigenvalue weighted by Gasteiger charge is 2.13. The number of hydrogen-bond donors (Lipinski definition) is 2. The normalized spacial score (nSPS) is 12.5. The maximum Gasteiger partial charge on any atom is 0.239 e. The van der Waals surface area contributed by atoms with Crippen LogP contribution in [0.2, 0.25) is 0 Å². The molecule has 0 bridgehead atoms. The van der Waals surface area contributed by atoms with Gasteiger partial charge in [0.2, 0.25) is 5.91 Å². The third kappa shape index (κ3) is 2.29. The van der Waals surface area contributed by atoms with Crippen molar-refractivity contribution in [2.75, 3.05) is 7.05 Å². The summed E-state index contributed by atoms with van der Waals surface area (Å²) in [6, 6.07) is 7.34. The van der Waals surface area contributed by atoms with E-state index >= 15 is 0 Å². The number of likely N-dealkylation sites (N-methyl/N-ethyl adjacent to an activating group) is 1. The number of benzene rings is 1. The number of carbonyl (C=O) groups excluding carboxylic acids is 1. The van der Waals surface area contributed by atoms with E-state index in [-0.39, 0.29) is 11.9 Å². The van der Waals surface area contributed by atoms with Crippen molar-refractivity contribution in [3.8, 4) is 0 Å². The highest BCUT2D eigenvalue weighted by atomic mass is 16.1. The van der Waals surface area contributed by atoms with Crippen LogP contribution in [0.3, 0.4) is 0 Å². The van der Waals surface area contributed by atoms with Crippen LogP contribution in [0.5, 0.6) is 0 Å². The second kappa shape index (κ2) is 4.05. The van der Waals surface area contributed by atoms with Crippen LogP contribution in [0.4, 0.5) is 0 Å². The number of primary amides is 1. The molecular weight excluding hydrogens is 164 g/mol. The van der Waals surface area contributed by atoms with E-state index in [0.29, 0.717) is 0 Å². The summed E-state index contributed by atoms with van der Waals surface area (Å²) in [5.41, 5.74) is 7.29. The first-order valence-electron chi connectivity index (χ1n) is 4.18. The van der Waals surface area contributed by atoms with Crippen molar-refractivity contribution in [1.82, 2.24) is 5.32 Å². The van der Waals surface area contributed by atoms with Gasteiger partial charge in [0, 0.05) is 0 Å². The summed E-state index contributed by atoms with van der Waals surface area (Å²) in [6.45, 7) is 2.00. The lowest BCUT2D eigenvalue weighted by atomic mass is 10.1. The fraction of sp³-hybridized carbons (Fsp3) is 0.300. The fourth-order valence-corrected chi connectivity index (χ4v) is 1.23. The van der Waals surface area contributed by atoms with E-state index in [1.807, 2.05) is 31.2 Å². The van der Waals surface area contributed by atoms with Gasteiger partial charge in [-0.2, -0.15) is 0 Å². The second-order valence-electron chi connectivity index (χ2n) is 3.03. The van der Waals surface area contributed by atoms with E-state index in [2.05, 4.69) is 5.32 Å². The second-order valence-corrected chi connectivity index (χ2v) is 3.03. The summed E-state index contributed by atoms with van der Waals surface area (Å²) in [4.78, 5) is 11.0. The highest BCUT2D eigenvalue weighted by molar-refractivity contribution is 5.81. The molecule has 1 unspecified atom stereocenters. The van der Waals surface area contributed by atoms with Crippen molar-refractivity contribution >= 4 is 5.91 Å². The zero-order valence-electron chi connectivity index (χ0n) is 7.87. The molecule has 1 rings (SSSR count). The Labute approximate surface area is 77.9 Å². The lowest BCUT2D eigenvalue weighted by molar-refractivity contribution is -0.120. The molecule has 0 aromatic heterocycles. The monoisotopic (exact) mass is 178 g/mol. The average Bonchev–Trinajstić information content (AvgIpc) is 2.09. The molecule has 1 amide bonds. The van der Waals surface area contributed by atoms with E-state index in [1.54, 1.807) is 7.05 Å². The Hall–Kier alpha value is -1.35. The molecule has 1 aromatic carbocycles. The standard InChI is InChI=1S/C10H14N2O/c1-7-3-5-8(6-4-7)9(12-2)10(11)13/h3-6,9,12H,1-2H3,(H2,11,13). The van der Waals surface area contributed by atoms with Crippen LogP contribution in [0.25, 0.3) is 0 Å². The lowest BCUT2D eigenvalue weighted by Gasteiger charge is -2.12. The molecule has 0 heterocycles. The predicted molar refractivity (Wildman–Crippen MR) is 52.2 cm³/mol. The Morgan fingerprint density at radius 1 is 1.38 bits per heavy atom. The Morgan fingerprint density at radius 2 is 1.92 bits per heavy atom. The Balaban J connectivity index is 2.92.